The number of carbonyl (C=O) groups is 2. The number of nitrogens with one attached hydrogen (secondary N) is 1. The molecule has 0 aliphatic heterocycles. The number of carbonyl (C=O) groups excluding carboxylic acids is 1. The van der Waals surface area contributed by atoms with Crippen molar-refractivity contribution >= 4 is 11.9 Å². The van der Waals surface area contributed by atoms with Crippen LogP contribution in [0.3, 0.4) is 0 Å². The standard InChI is InChI=1S/C16H32N2O3/c1-5-6-7-12(4)9-13(10-15(19)20)18-16(21)14(17)8-11(2)3/h11-14H,5-10,17H2,1-4H3,(H,18,21)(H,19,20)/t12?,13-,14-/m0/s1. The van der Waals surface area contributed by atoms with Crippen molar-refractivity contribution in [3.8, 4) is 0 Å². The number of hydrogen-bond acceptors (Lipinski definition) is 3. The highest BCUT2D eigenvalue weighted by atomic mass is 16.4. The molecule has 0 aromatic heterocycles. The number of carboxylic acids is 1. The fourth-order valence-electron chi connectivity index (χ4n) is 2.48. The summed E-state index contributed by atoms with van der Waals surface area (Å²) in [6.45, 7) is 8.25. The predicted octanol–water partition coefficient (Wildman–Crippen LogP) is 2.54. The van der Waals surface area contributed by atoms with Gasteiger partial charge in [0, 0.05) is 6.04 Å². The molecule has 3 atom stereocenters. The molecule has 0 saturated heterocycles. The summed E-state index contributed by atoms with van der Waals surface area (Å²) in [6.07, 6.45) is 4.56. The zero-order valence-corrected chi connectivity index (χ0v) is 13.9. The summed E-state index contributed by atoms with van der Waals surface area (Å²) in [7, 11) is 0. The summed E-state index contributed by atoms with van der Waals surface area (Å²) in [5, 5.41) is 11.8. The maximum atomic E-state index is 12.0. The highest BCUT2D eigenvalue weighted by Gasteiger charge is 2.22. The molecule has 0 bridgehead atoms. The summed E-state index contributed by atoms with van der Waals surface area (Å²) in [5.41, 5.74) is 5.85. The smallest absolute Gasteiger partial charge is 0.305 e. The van der Waals surface area contributed by atoms with Crippen molar-refractivity contribution in [3.05, 3.63) is 0 Å². The molecule has 0 radical (unpaired) electrons. The first-order chi connectivity index (χ1) is 9.76. The topological polar surface area (TPSA) is 92.4 Å². The van der Waals surface area contributed by atoms with Gasteiger partial charge in [-0.2, -0.15) is 0 Å². The Morgan fingerprint density at radius 2 is 1.81 bits per heavy atom. The maximum absolute atomic E-state index is 12.0. The molecule has 0 aromatic carbocycles. The monoisotopic (exact) mass is 300 g/mol. The van der Waals surface area contributed by atoms with E-state index in [4.69, 9.17) is 10.8 Å². The summed E-state index contributed by atoms with van der Waals surface area (Å²) in [6, 6.07) is -0.896. The third-order valence-corrected chi connectivity index (χ3v) is 3.57. The van der Waals surface area contributed by atoms with Gasteiger partial charge in [0.15, 0.2) is 0 Å². The Labute approximate surface area is 128 Å². The molecular formula is C16H32N2O3. The fourth-order valence-corrected chi connectivity index (χ4v) is 2.48. The van der Waals surface area contributed by atoms with Crippen LogP contribution in [0.15, 0.2) is 0 Å². The quantitative estimate of drug-likeness (QED) is 0.546. The van der Waals surface area contributed by atoms with Gasteiger partial charge in [0.2, 0.25) is 5.91 Å². The van der Waals surface area contributed by atoms with E-state index in [0.29, 0.717) is 24.7 Å². The van der Waals surface area contributed by atoms with Gasteiger partial charge in [0.1, 0.15) is 0 Å². The molecule has 0 spiro atoms. The molecule has 1 amide bonds. The largest absolute Gasteiger partial charge is 0.481 e. The second kappa shape index (κ2) is 10.6. The lowest BCUT2D eigenvalue weighted by molar-refractivity contribution is -0.137. The summed E-state index contributed by atoms with van der Waals surface area (Å²) >= 11 is 0. The highest BCUT2D eigenvalue weighted by Crippen LogP contribution is 2.16. The molecule has 0 fully saturated rings. The first kappa shape index (κ1) is 19.9. The van der Waals surface area contributed by atoms with Crippen molar-refractivity contribution in [2.24, 2.45) is 17.6 Å². The Balaban J connectivity index is 4.46. The van der Waals surface area contributed by atoms with Gasteiger partial charge in [0.05, 0.1) is 12.5 Å². The molecule has 0 rings (SSSR count). The number of rotatable bonds is 11. The minimum Gasteiger partial charge on any atom is -0.481 e. The molecule has 21 heavy (non-hydrogen) atoms. The van der Waals surface area contributed by atoms with E-state index in [1.54, 1.807) is 0 Å². The Morgan fingerprint density at radius 1 is 1.19 bits per heavy atom. The van der Waals surface area contributed by atoms with Crippen LogP contribution in [0.2, 0.25) is 0 Å². The van der Waals surface area contributed by atoms with Crippen LogP contribution in [0, 0.1) is 11.8 Å². The van der Waals surface area contributed by atoms with Crippen LogP contribution in [0.5, 0.6) is 0 Å². The van der Waals surface area contributed by atoms with Gasteiger partial charge in [-0.3, -0.25) is 9.59 Å². The summed E-state index contributed by atoms with van der Waals surface area (Å²) in [4.78, 5) is 23.0. The van der Waals surface area contributed by atoms with Crippen molar-refractivity contribution in [2.45, 2.75) is 78.3 Å². The second-order valence-electron chi connectivity index (χ2n) is 6.52. The minimum atomic E-state index is -0.888. The van der Waals surface area contributed by atoms with Crippen molar-refractivity contribution in [1.82, 2.24) is 5.32 Å². The molecule has 0 saturated carbocycles. The van der Waals surface area contributed by atoms with Crippen molar-refractivity contribution < 1.29 is 14.7 Å². The van der Waals surface area contributed by atoms with Gasteiger partial charge in [-0.05, 0) is 24.7 Å². The lowest BCUT2D eigenvalue weighted by Crippen LogP contribution is -2.47. The van der Waals surface area contributed by atoms with E-state index >= 15 is 0 Å². The highest BCUT2D eigenvalue weighted by molar-refractivity contribution is 5.82. The van der Waals surface area contributed by atoms with E-state index in [9.17, 15) is 9.59 Å². The second-order valence-corrected chi connectivity index (χ2v) is 6.52. The molecule has 0 aromatic rings. The Hall–Kier alpha value is -1.10. The van der Waals surface area contributed by atoms with E-state index in [-0.39, 0.29) is 18.4 Å². The van der Waals surface area contributed by atoms with Gasteiger partial charge < -0.3 is 16.2 Å². The van der Waals surface area contributed by atoms with Crippen LogP contribution in [0.25, 0.3) is 0 Å². The summed E-state index contributed by atoms with van der Waals surface area (Å²) in [5.74, 6) is -0.388. The molecule has 0 aliphatic rings. The van der Waals surface area contributed by atoms with Gasteiger partial charge in [-0.15, -0.1) is 0 Å². The van der Waals surface area contributed by atoms with Gasteiger partial charge >= 0.3 is 5.97 Å². The molecule has 5 heteroatoms. The fraction of sp³-hybridized carbons (Fsp3) is 0.875. The first-order valence-corrected chi connectivity index (χ1v) is 8.03. The van der Waals surface area contributed by atoms with Crippen molar-refractivity contribution in [3.63, 3.8) is 0 Å². The zero-order valence-electron chi connectivity index (χ0n) is 13.9. The SMILES string of the molecule is CCCCC(C)C[C@@H](CC(=O)O)NC(=O)[C@@H](N)CC(C)C. The number of amides is 1. The minimum absolute atomic E-state index is 0.0450. The Morgan fingerprint density at radius 3 is 2.29 bits per heavy atom. The van der Waals surface area contributed by atoms with Crippen LogP contribution >= 0.6 is 0 Å². The molecule has 5 nitrogen and oxygen atoms in total. The van der Waals surface area contributed by atoms with Crippen LogP contribution in [-0.4, -0.2) is 29.1 Å². The first-order valence-electron chi connectivity index (χ1n) is 8.03. The van der Waals surface area contributed by atoms with Crippen LogP contribution in [0.1, 0.15) is 66.2 Å². The van der Waals surface area contributed by atoms with Crippen molar-refractivity contribution in [1.29, 1.82) is 0 Å². The third-order valence-electron chi connectivity index (χ3n) is 3.57. The maximum Gasteiger partial charge on any atom is 0.305 e. The van der Waals surface area contributed by atoms with Gasteiger partial charge in [0.25, 0.3) is 0 Å². The molecule has 0 heterocycles. The van der Waals surface area contributed by atoms with Crippen LogP contribution < -0.4 is 11.1 Å². The van der Waals surface area contributed by atoms with E-state index in [0.717, 1.165) is 19.3 Å². The molecule has 0 aliphatic carbocycles. The van der Waals surface area contributed by atoms with E-state index in [2.05, 4.69) is 19.2 Å². The van der Waals surface area contributed by atoms with Crippen LogP contribution in [0.4, 0.5) is 0 Å². The average molecular weight is 300 g/mol. The van der Waals surface area contributed by atoms with Crippen LogP contribution in [-0.2, 0) is 9.59 Å². The molecule has 4 N–H and O–H groups in total. The number of aliphatic carboxylic acids is 1. The number of nitrogens with two attached hydrogens (primary N) is 1. The van der Waals surface area contributed by atoms with Crippen molar-refractivity contribution in [2.75, 3.05) is 0 Å². The Bertz CT molecular complexity index is 319. The number of unbranched alkanes of at least 4 members (excludes halogenated alkanes) is 1. The lowest BCUT2D eigenvalue weighted by atomic mass is 9.94. The molecule has 124 valence electrons. The average Bonchev–Trinajstić information content (AvgIpc) is 2.34. The zero-order chi connectivity index (χ0) is 16.4. The van der Waals surface area contributed by atoms with Gasteiger partial charge in [-0.1, -0.05) is 47.0 Å². The van der Waals surface area contributed by atoms with Gasteiger partial charge in [-0.25, -0.2) is 0 Å². The normalized spacial score (nSPS) is 15.5. The number of carboxylic acid groups (broad SMARTS) is 1. The molecular weight excluding hydrogens is 268 g/mol. The predicted molar refractivity (Wildman–Crippen MR) is 84.9 cm³/mol. The summed E-state index contributed by atoms with van der Waals surface area (Å²) < 4.78 is 0. The number of hydrogen-bond donors (Lipinski definition) is 3. The molecule has 1 unspecified atom stereocenters. The lowest BCUT2D eigenvalue weighted by Gasteiger charge is -2.23. The van der Waals surface area contributed by atoms with E-state index in [1.807, 2.05) is 13.8 Å². The third kappa shape index (κ3) is 10.3. The Kier molecular flexibility index (Phi) is 10.0. The van der Waals surface area contributed by atoms with E-state index in [1.165, 1.54) is 0 Å². The van der Waals surface area contributed by atoms with E-state index < -0.39 is 12.0 Å².